The van der Waals surface area contributed by atoms with Crippen LogP contribution >= 0.6 is 0 Å². The van der Waals surface area contributed by atoms with Crippen molar-refractivity contribution in [2.45, 2.75) is 134 Å². The molecule has 0 atom stereocenters. The maximum Gasteiger partial charge on any atom is -0.0353 e. The van der Waals surface area contributed by atoms with Crippen molar-refractivity contribution >= 4 is 0 Å². The highest BCUT2D eigenvalue weighted by Crippen LogP contribution is 1.86. The van der Waals surface area contributed by atoms with E-state index in [-0.39, 0.29) is 0 Å². The van der Waals surface area contributed by atoms with Gasteiger partial charge in [-0.1, -0.05) is 127 Å². The minimum absolute atomic E-state index is 1.16. The Bertz CT molecular complexity index is 339. The Balaban J connectivity index is -0.0000000637. The third kappa shape index (κ3) is 138. The van der Waals surface area contributed by atoms with Gasteiger partial charge in [-0.15, -0.1) is 0 Å². The second-order valence-electron chi connectivity index (χ2n) is 6.62. The Morgan fingerprint density at radius 2 is 0.562 bits per heavy atom. The monoisotopic (exact) mass is 449 g/mol. The third-order valence-corrected chi connectivity index (χ3v) is 3.30. The van der Waals surface area contributed by atoms with Crippen LogP contribution in [0.15, 0.2) is 72.9 Å². The molecular weight excluding hydrogens is 384 g/mol. The van der Waals surface area contributed by atoms with E-state index in [1.165, 1.54) is 38.5 Å². The molecule has 0 N–H and O–H groups in total. The minimum atomic E-state index is 1.16. The van der Waals surface area contributed by atoms with Gasteiger partial charge in [0.15, 0.2) is 0 Å². The van der Waals surface area contributed by atoms with E-state index in [1.54, 1.807) is 0 Å². The molecule has 0 heteroatoms. The first-order valence-electron chi connectivity index (χ1n) is 13.2. The SMILES string of the molecule is C/C=C\C.C/C=C\CC.C/C=C\CC.C/C=C\CCC.C/C=C\CCC.CC/C=C\CC. The fourth-order valence-corrected chi connectivity index (χ4v) is 1.47. The topological polar surface area (TPSA) is 0 Å². The molecule has 0 aliphatic carbocycles. The van der Waals surface area contributed by atoms with Gasteiger partial charge in [0.1, 0.15) is 0 Å². The average molecular weight is 449 g/mol. The van der Waals surface area contributed by atoms with Crippen molar-refractivity contribution in [1.82, 2.24) is 0 Å². The van der Waals surface area contributed by atoms with E-state index < -0.39 is 0 Å². The molecule has 0 aromatic rings. The van der Waals surface area contributed by atoms with Crippen molar-refractivity contribution < 1.29 is 0 Å². The van der Waals surface area contributed by atoms with Crippen LogP contribution in [-0.4, -0.2) is 0 Å². The highest BCUT2D eigenvalue weighted by molar-refractivity contribution is 4.77. The first-order valence-corrected chi connectivity index (χ1v) is 13.2. The smallest absolute Gasteiger partial charge is 0.0353 e. The van der Waals surface area contributed by atoms with Crippen molar-refractivity contribution in [3.63, 3.8) is 0 Å². The van der Waals surface area contributed by atoms with Crippen molar-refractivity contribution in [3.8, 4) is 0 Å². The summed E-state index contributed by atoms with van der Waals surface area (Å²) >= 11 is 0. The lowest BCUT2D eigenvalue weighted by Gasteiger charge is -1.76. The zero-order valence-electron chi connectivity index (χ0n) is 24.6. The van der Waals surface area contributed by atoms with E-state index in [0.717, 1.165) is 12.8 Å². The largest absolute Gasteiger partial charge is 0.0919 e. The predicted octanol–water partition coefficient (Wildman–Crippen LogP) is 12.6. The molecule has 0 aliphatic heterocycles. The summed E-state index contributed by atoms with van der Waals surface area (Å²) in [6.07, 6.45) is 34.9. The molecule has 0 heterocycles. The van der Waals surface area contributed by atoms with Gasteiger partial charge in [0.25, 0.3) is 0 Å². The van der Waals surface area contributed by atoms with Crippen molar-refractivity contribution in [2.75, 3.05) is 0 Å². The average Bonchev–Trinajstić information content (AvgIpc) is 2.83. The maximum atomic E-state index is 2.18. The van der Waals surface area contributed by atoms with Crippen LogP contribution in [0.1, 0.15) is 134 Å². The molecule has 0 rings (SSSR count). The Kier molecular flexibility index (Phi) is 96.7. The lowest BCUT2D eigenvalue weighted by atomic mass is 10.3. The highest BCUT2D eigenvalue weighted by atomic mass is 13.7. The molecule has 0 saturated heterocycles. The summed E-state index contributed by atoms with van der Waals surface area (Å²) in [5, 5.41) is 0. The fraction of sp³-hybridized carbons (Fsp3) is 0.625. The van der Waals surface area contributed by atoms with E-state index >= 15 is 0 Å². The van der Waals surface area contributed by atoms with Crippen LogP contribution in [0, 0.1) is 0 Å². The Labute approximate surface area is 207 Å². The van der Waals surface area contributed by atoms with E-state index in [1.807, 2.05) is 39.8 Å². The maximum absolute atomic E-state index is 2.18. The molecule has 0 fully saturated rings. The summed E-state index contributed by atoms with van der Waals surface area (Å²) in [7, 11) is 0. The molecule has 0 radical (unpaired) electrons. The summed E-state index contributed by atoms with van der Waals surface area (Å²) in [6.45, 7) is 25.1. The van der Waals surface area contributed by atoms with Gasteiger partial charge in [-0.05, 0) is 80.1 Å². The van der Waals surface area contributed by atoms with Gasteiger partial charge >= 0.3 is 0 Å². The van der Waals surface area contributed by atoms with Crippen LogP contribution in [0.2, 0.25) is 0 Å². The number of allylic oxidation sites excluding steroid dienone is 12. The van der Waals surface area contributed by atoms with Crippen LogP contribution in [0.5, 0.6) is 0 Å². The quantitative estimate of drug-likeness (QED) is 0.324. The summed E-state index contributed by atoms with van der Waals surface area (Å²) in [4.78, 5) is 0. The Morgan fingerprint density at radius 3 is 0.625 bits per heavy atom. The van der Waals surface area contributed by atoms with Crippen LogP contribution in [0.25, 0.3) is 0 Å². The number of rotatable bonds is 8. The summed E-state index contributed by atoms with van der Waals surface area (Å²) in [5.41, 5.74) is 0. The standard InChI is InChI=1S/3C6H12.2C5H10.C4H8/c3*1-3-5-6-4-2;2*1-3-5-4-2;1-3-4-2/h5-6H,3-4H2,1-2H3;2*3,5H,4,6H2,1-2H3;2*3,5H,4H2,1-2H3;3-4H,1-2H3/b6-5-;4*5-3-;4-3-. The summed E-state index contributed by atoms with van der Waals surface area (Å²) in [5.74, 6) is 0. The molecule has 0 nitrogen and oxygen atoms in total. The molecule has 0 aliphatic rings. The number of hydrogen-bond donors (Lipinski definition) is 0. The molecule has 192 valence electrons. The number of unbranched alkanes of at least 4 members (excludes halogenated alkanes) is 2. The van der Waals surface area contributed by atoms with Gasteiger partial charge in [0.2, 0.25) is 0 Å². The molecule has 0 unspecified atom stereocenters. The molecule has 0 aromatic carbocycles. The summed E-state index contributed by atoms with van der Waals surface area (Å²) in [6, 6.07) is 0. The van der Waals surface area contributed by atoms with E-state index in [2.05, 4.69) is 116 Å². The fourth-order valence-electron chi connectivity index (χ4n) is 1.47. The van der Waals surface area contributed by atoms with E-state index in [9.17, 15) is 0 Å². The molecular formula is C32H64. The molecule has 32 heavy (non-hydrogen) atoms. The number of hydrogen-bond acceptors (Lipinski definition) is 0. The third-order valence-electron chi connectivity index (χ3n) is 3.30. The van der Waals surface area contributed by atoms with Crippen LogP contribution in [0.4, 0.5) is 0 Å². The highest BCUT2D eigenvalue weighted by Gasteiger charge is 1.65. The second kappa shape index (κ2) is 70.0. The van der Waals surface area contributed by atoms with Gasteiger partial charge < -0.3 is 0 Å². The van der Waals surface area contributed by atoms with Gasteiger partial charge in [0, 0.05) is 0 Å². The zero-order chi connectivity index (χ0) is 26.1. The molecule has 0 saturated carbocycles. The lowest BCUT2D eigenvalue weighted by Crippen LogP contribution is -1.55. The first-order chi connectivity index (χ1) is 15.5. The van der Waals surface area contributed by atoms with Crippen molar-refractivity contribution in [1.29, 1.82) is 0 Å². The zero-order valence-corrected chi connectivity index (χ0v) is 24.6. The van der Waals surface area contributed by atoms with Gasteiger partial charge in [-0.3, -0.25) is 0 Å². The van der Waals surface area contributed by atoms with E-state index in [4.69, 9.17) is 0 Å². The Hall–Kier alpha value is -1.56. The minimum Gasteiger partial charge on any atom is -0.0919 e. The van der Waals surface area contributed by atoms with Crippen LogP contribution in [-0.2, 0) is 0 Å². The molecule has 0 amide bonds. The van der Waals surface area contributed by atoms with Gasteiger partial charge in [-0.25, -0.2) is 0 Å². The first kappa shape index (κ1) is 44.2. The van der Waals surface area contributed by atoms with Crippen molar-refractivity contribution in [2.24, 2.45) is 0 Å². The molecule has 0 spiro atoms. The normalized spacial score (nSPS) is 10.1. The van der Waals surface area contributed by atoms with Gasteiger partial charge in [-0.2, -0.15) is 0 Å². The van der Waals surface area contributed by atoms with Crippen LogP contribution in [0.3, 0.4) is 0 Å². The molecule has 0 bridgehead atoms. The second-order valence-corrected chi connectivity index (χ2v) is 6.62. The van der Waals surface area contributed by atoms with Gasteiger partial charge in [0.05, 0.1) is 0 Å². The molecule has 0 aromatic heterocycles. The van der Waals surface area contributed by atoms with Crippen LogP contribution < -0.4 is 0 Å². The lowest BCUT2D eigenvalue weighted by molar-refractivity contribution is 0.957. The predicted molar refractivity (Wildman–Crippen MR) is 160 cm³/mol. The Morgan fingerprint density at radius 1 is 0.312 bits per heavy atom. The van der Waals surface area contributed by atoms with E-state index in [0.29, 0.717) is 0 Å². The summed E-state index contributed by atoms with van der Waals surface area (Å²) < 4.78 is 0. The van der Waals surface area contributed by atoms with Crippen molar-refractivity contribution in [3.05, 3.63) is 72.9 Å².